The standard InChI is InChI=1S/C22H14O/c23-20-10-2-1-8-17(20)19-13-16-7-3-5-14-11-12-15-6-4-9-18(19)22(15)21(14)16/h1-13,23H. The Kier molecular flexibility index (Phi) is 2.42. The van der Waals surface area contributed by atoms with E-state index < -0.39 is 0 Å². The van der Waals surface area contributed by atoms with Gasteiger partial charge >= 0.3 is 0 Å². The minimum absolute atomic E-state index is 0.322. The van der Waals surface area contributed by atoms with Crippen molar-refractivity contribution in [1.29, 1.82) is 0 Å². The molecule has 0 saturated carbocycles. The third-order valence-corrected chi connectivity index (χ3v) is 4.70. The Morgan fingerprint density at radius 1 is 0.522 bits per heavy atom. The second kappa shape index (κ2) is 4.47. The van der Waals surface area contributed by atoms with Gasteiger partial charge in [-0.2, -0.15) is 0 Å². The number of rotatable bonds is 1. The summed E-state index contributed by atoms with van der Waals surface area (Å²) in [5.41, 5.74) is 1.96. The van der Waals surface area contributed by atoms with Gasteiger partial charge in [-0.05, 0) is 50.0 Å². The Morgan fingerprint density at radius 3 is 2.04 bits per heavy atom. The first-order valence-corrected chi connectivity index (χ1v) is 7.78. The first kappa shape index (κ1) is 12.5. The van der Waals surface area contributed by atoms with Crippen LogP contribution in [0.2, 0.25) is 0 Å². The molecule has 5 aromatic carbocycles. The summed E-state index contributed by atoms with van der Waals surface area (Å²) >= 11 is 0. The number of aromatic hydroxyl groups is 1. The van der Waals surface area contributed by atoms with Crippen LogP contribution < -0.4 is 0 Å². The molecule has 0 atom stereocenters. The molecule has 1 heteroatoms. The lowest BCUT2D eigenvalue weighted by atomic mass is 9.89. The summed E-state index contributed by atoms with van der Waals surface area (Å²) in [6.07, 6.45) is 0. The zero-order valence-electron chi connectivity index (χ0n) is 12.5. The molecule has 0 spiro atoms. The van der Waals surface area contributed by atoms with Gasteiger partial charge in [0.2, 0.25) is 0 Å². The van der Waals surface area contributed by atoms with Crippen molar-refractivity contribution in [3.63, 3.8) is 0 Å². The smallest absolute Gasteiger partial charge is 0.123 e. The second-order valence-electron chi connectivity index (χ2n) is 5.99. The van der Waals surface area contributed by atoms with Gasteiger partial charge in [0, 0.05) is 5.56 Å². The SMILES string of the molecule is Oc1ccccc1-c1cc2cccc3ccc4cccc1c4c32. The van der Waals surface area contributed by atoms with Gasteiger partial charge in [-0.25, -0.2) is 0 Å². The molecule has 1 nitrogen and oxygen atoms in total. The van der Waals surface area contributed by atoms with Gasteiger partial charge in [-0.1, -0.05) is 66.7 Å². The van der Waals surface area contributed by atoms with Gasteiger partial charge in [0.05, 0.1) is 0 Å². The molecule has 108 valence electrons. The fraction of sp³-hybridized carbons (Fsp3) is 0. The molecule has 5 aromatic rings. The third-order valence-electron chi connectivity index (χ3n) is 4.70. The van der Waals surface area contributed by atoms with E-state index in [1.807, 2.05) is 18.2 Å². The summed E-state index contributed by atoms with van der Waals surface area (Å²) in [7, 11) is 0. The molecule has 0 saturated heterocycles. The molecule has 0 bridgehead atoms. The molecular weight excluding hydrogens is 280 g/mol. The van der Waals surface area contributed by atoms with E-state index in [1.165, 1.54) is 32.3 Å². The van der Waals surface area contributed by atoms with E-state index in [1.54, 1.807) is 6.07 Å². The highest BCUT2D eigenvalue weighted by molar-refractivity contribution is 6.26. The van der Waals surface area contributed by atoms with Crippen LogP contribution in [0.1, 0.15) is 0 Å². The molecule has 0 aromatic heterocycles. The monoisotopic (exact) mass is 294 g/mol. The summed E-state index contributed by atoms with van der Waals surface area (Å²) < 4.78 is 0. The van der Waals surface area contributed by atoms with Crippen molar-refractivity contribution < 1.29 is 5.11 Å². The first-order chi connectivity index (χ1) is 11.3. The minimum Gasteiger partial charge on any atom is -0.507 e. The van der Waals surface area contributed by atoms with Crippen molar-refractivity contribution in [3.05, 3.63) is 78.9 Å². The number of hydrogen-bond donors (Lipinski definition) is 1. The number of phenolic OH excluding ortho intramolecular Hbond substituents is 1. The predicted molar refractivity (Wildman–Crippen MR) is 97.2 cm³/mol. The normalized spacial score (nSPS) is 11.7. The zero-order valence-corrected chi connectivity index (χ0v) is 12.5. The topological polar surface area (TPSA) is 20.2 Å². The maximum atomic E-state index is 10.3. The van der Waals surface area contributed by atoms with Crippen LogP contribution >= 0.6 is 0 Å². The van der Waals surface area contributed by atoms with Crippen LogP contribution in [-0.4, -0.2) is 5.11 Å². The largest absolute Gasteiger partial charge is 0.507 e. The highest BCUT2D eigenvalue weighted by Gasteiger charge is 2.14. The Morgan fingerprint density at radius 2 is 1.22 bits per heavy atom. The van der Waals surface area contributed by atoms with Crippen LogP contribution in [0.25, 0.3) is 43.4 Å². The Bertz CT molecular complexity index is 1170. The van der Waals surface area contributed by atoms with Gasteiger partial charge in [0.25, 0.3) is 0 Å². The molecule has 5 rings (SSSR count). The first-order valence-electron chi connectivity index (χ1n) is 7.78. The number of hydrogen-bond acceptors (Lipinski definition) is 1. The number of benzene rings is 5. The van der Waals surface area contributed by atoms with Crippen molar-refractivity contribution in [3.8, 4) is 16.9 Å². The lowest BCUT2D eigenvalue weighted by Crippen LogP contribution is -1.88. The van der Waals surface area contributed by atoms with E-state index in [0.717, 1.165) is 11.1 Å². The molecule has 0 heterocycles. The van der Waals surface area contributed by atoms with Crippen molar-refractivity contribution in [1.82, 2.24) is 0 Å². The fourth-order valence-corrected chi connectivity index (χ4v) is 3.69. The molecular formula is C22H14O. The van der Waals surface area contributed by atoms with Gasteiger partial charge < -0.3 is 5.11 Å². The maximum absolute atomic E-state index is 10.3. The summed E-state index contributed by atoms with van der Waals surface area (Å²) in [6.45, 7) is 0. The minimum atomic E-state index is 0.322. The van der Waals surface area contributed by atoms with Crippen molar-refractivity contribution in [2.24, 2.45) is 0 Å². The highest BCUT2D eigenvalue weighted by atomic mass is 16.3. The van der Waals surface area contributed by atoms with E-state index in [0.29, 0.717) is 5.75 Å². The van der Waals surface area contributed by atoms with Gasteiger partial charge in [0.15, 0.2) is 0 Å². The molecule has 0 fully saturated rings. The highest BCUT2D eigenvalue weighted by Crippen LogP contribution is 2.41. The molecule has 0 unspecified atom stereocenters. The maximum Gasteiger partial charge on any atom is 0.123 e. The second-order valence-corrected chi connectivity index (χ2v) is 5.99. The van der Waals surface area contributed by atoms with E-state index >= 15 is 0 Å². The summed E-state index contributed by atoms with van der Waals surface area (Å²) in [5, 5.41) is 17.8. The lowest BCUT2D eigenvalue weighted by molar-refractivity contribution is 0.477. The van der Waals surface area contributed by atoms with Gasteiger partial charge in [0.1, 0.15) is 5.75 Å². The average molecular weight is 294 g/mol. The van der Waals surface area contributed by atoms with Gasteiger partial charge in [-0.15, -0.1) is 0 Å². The quantitative estimate of drug-likeness (QED) is 0.378. The Labute approximate surface area is 133 Å². The predicted octanol–water partition coefficient (Wildman–Crippen LogP) is 5.96. The van der Waals surface area contributed by atoms with Gasteiger partial charge in [-0.3, -0.25) is 0 Å². The number of para-hydroxylation sites is 1. The van der Waals surface area contributed by atoms with Crippen LogP contribution in [0.4, 0.5) is 0 Å². The van der Waals surface area contributed by atoms with E-state index in [4.69, 9.17) is 0 Å². The molecule has 0 aliphatic heterocycles. The molecule has 23 heavy (non-hydrogen) atoms. The van der Waals surface area contributed by atoms with Crippen LogP contribution in [0.15, 0.2) is 78.9 Å². The fourth-order valence-electron chi connectivity index (χ4n) is 3.69. The third kappa shape index (κ3) is 1.68. The summed E-state index contributed by atoms with van der Waals surface area (Å²) in [5.74, 6) is 0.322. The van der Waals surface area contributed by atoms with Crippen LogP contribution in [0.5, 0.6) is 5.75 Å². The van der Waals surface area contributed by atoms with Crippen molar-refractivity contribution in [2.75, 3.05) is 0 Å². The van der Waals surface area contributed by atoms with Crippen LogP contribution in [-0.2, 0) is 0 Å². The van der Waals surface area contributed by atoms with Crippen molar-refractivity contribution in [2.45, 2.75) is 0 Å². The van der Waals surface area contributed by atoms with Crippen molar-refractivity contribution >= 4 is 32.3 Å². The average Bonchev–Trinajstić information content (AvgIpc) is 2.60. The molecule has 0 amide bonds. The van der Waals surface area contributed by atoms with E-state index in [2.05, 4.69) is 54.6 Å². The van der Waals surface area contributed by atoms with Crippen LogP contribution in [0.3, 0.4) is 0 Å². The molecule has 1 N–H and O–H groups in total. The number of phenols is 1. The molecule has 0 aliphatic rings. The van der Waals surface area contributed by atoms with Crippen LogP contribution in [0, 0.1) is 0 Å². The molecule has 0 radical (unpaired) electrons. The zero-order chi connectivity index (χ0) is 15.4. The lowest BCUT2D eigenvalue weighted by Gasteiger charge is -2.15. The Hall–Kier alpha value is -3.06. The summed E-state index contributed by atoms with van der Waals surface area (Å²) in [4.78, 5) is 0. The Balaban J connectivity index is 2.07. The van der Waals surface area contributed by atoms with E-state index in [9.17, 15) is 5.11 Å². The molecule has 0 aliphatic carbocycles. The van der Waals surface area contributed by atoms with E-state index in [-0.39, 0.29) is 0 Å². The summed E-state index contributed by atoms with van der Waals surface area (Å²) in [6, 6.07) is 26.9.